The van der Waals surface area contributed by atoms with E-state index in [9.17, 15) is 5.11 Å². The van der Waals surface area contributed by atoms with Gasteiger partial charge >= 0.3 is 0 Å². The Labute approximate surface area is 72.2 Å². The first-order valence-electron chi connectivity index (χ1n) is 4.36. The van der Waals surface area contributed by atoms with E-state index in [2.05, 4.69) is 17.2 Å². The van der Waals surface area contributed by atoms with Crippen molar-refractivity contribution in [2.24, 2.45) is 0 Å². The maximum atomic E-state index is 9.52. The predicted molar refractivity (Wildman–Crippen MR) is 45.6 cm³/mol. The van der Waals surface area contributed by atoms with Crippen molar-refractivity contribution in [2.75, 3.05) is 0 Å². The first-order valence-corrected chi connectivity index (χ1v) is 4.36. The highest BCUT2D eigenvalue weighted by Gasteiger charge is 2.10. The standard InChI is InChI=1S/C8H15N3O/c1-3-5-11-7(6-9-10-11)8(12)4-2/h6,8,12H,3-5H2,1-2H3. The van der Waals surface area contributed by atoms with Gasteiger partial charge in [-0.15, -0.1) is 5.10 Å². The van der Waals surface area contributed by atoms with Crippen LogP contribution in [0.15, 0.2) is 6.20 Å². The molecule has 0 aliphatic heterocycles. The van der Waals surface area contributed by atoms with Gasteiger partial charge in [-0.2, -0.15) is 0 Å². The number of rotatable bonds is 4. The molecule has 0 bridgehead atoms. The zero-order chi connectivity index (χ0) is 8.97. The average molecular weight is 169 g/mol. The molecular formula is C8H15N3O. The second kappa shape index (κ2) is 4.21. The molecule has 0 aliphatic carbocycles. The Balaban J connectivity index is 2.76. The van der Waals surface area contributed by atoms with Gasteiger partial charge in [-0.1, -0.05) is 19.1 Å². The first-order chi connectivity index (χ1) is 5.79. The van der Waals surface area contributed by atoms with E-state index in [1.54, 1.807) is 10.9 Å². The van der Waals surface area contributed by atoms with Gasteiger partial charge in [-0.3, -0.25) is 0 Å². The van der Waals surface area contributed by atoms with Gasteiger partial charge < -0.3 is 5.11 Å². The van der Waals surface area contributed by atoms with Crippen LogP contribution in [-0.4, -0.2) is 20.1 Å². The van der Waals surface area contributed by atoms with Crippen molar-refractivity contribution in [3.8, 4) is 0 Å². The van der Waals surface area contributed by atoms with Crippen LogP contribution in [0.4, 0.5) is 0 Å². The third-order valence-corrected chi connectivity index (χ3v) is 1.81. The van der Waals surface area contributed by atoms with E-state index in [1.807, 2.05) is 6.92 Å². The summed E-state index contributed by atoms with van der Waals surface area (Å²) < 4.78 is 1.76. The Morgan fingerprint density at radius 2 is 2.33 bits per heavy atom. The molecule has 4 heteroatoms. The van der Waals surface area contributed by atoms with Crippen LogP contribution >= 0.6 is 0 Å². The molecule has 0 aromatic carbocycles. The van der Waals surface area contributed by atoms with Crippen molar-refractivity contribution in [3.63, 3.8) is 0 Å². The Morgan fingerprint density at radius 1 is 1.58 bits per heavy atom. The van der Waals surface area contributed by atoms with Gasteiger partial charge in [0.1, 0.15) is 0 Å². The molecule has 1 aromatic heterocycles. The topological polar surface area (TPSA) is 50.9 Å². The highest BCUT2D eigenvalue weighted by molar-refractivity contribution is 4.98. The molecule has 1 aromatic rings. The lowest BCUT2D eigenvalue weighted by Gasteiger charge is -2.08. The van der Waals surface area contributed by atoms with Crippen molar-refractivity contribution in [1.29, 1.82) is 0 Å². The van der Waals surface area contributed by atoms with Gasteiger partial charge in [0.15, 0.2) is 0 Å². The normalized spacial score (nSPS) is 13.2. The van der Waals surface area contributed by atoms with Crippen molar-refractivity contribution in [1.82, 2.24) is 15.0 Å². The summed E-state index contributed by atoms with van der Waals surface area (Å²) >= 11 is 0. The van der Waals surface area contributed by atoms with Gasteiger partial charge in [0, 0.05) is 6.54 Å². The zero-order valence-electron chi connectivity index (χ0n) is 7.56. The van der Waals surface area contributed by atoms with Crippen LogP contribution in [0.3, 0.4) is 0 Å². The third-order valence-electron chi connectivity index (χ3n) is 1.81. The lowest BCUT2D eigenvalue weighted by Crippen LogP contribution is -2.08. The van der Waals surface area contributed by atoms with Crippen LogP contribution < -0.4 is 0 Å². The molecule has 1 atom stereocenters. The van der Waals surface area contributed by atoms with Crippen molar-refractivity contribution in [3.05, 3.63) is 11.9 Å². The highest BCUT2D eigenvalue weighted by Crippen LogP contribution is 2.14. The lowest BCUT2D eigenvalue weighted by molar-refractivity contribution is 0.162. The Kier molecular flexibility index (Phi) is 3.22. The Bertz CT molecular complexity index is 234. The fraction of sp³-hybridized carbons (Fsp3) is 0.750. The highest BCUT2D eigenvalue weighted by atomic mass is 16.3. The molecule has 0 spiro atoms. The fourth-order valence-electron chi connectivity index (χ4n) is 1.12. The maximum absolute atomic E-state index is 9.52. The predicted octanol–water partition coefficient (Wildman–Crippen LogP) is 1.13. The van der Waals surface area contributed by atoms with E-state index in [0.717, 1.165) is 18.7 Å². The lowest BCUT2D eigenvalue weighted by atomic mass is 10.2. The largest absolute Gasteiger partial charge is 0.387 e. The van der Waals surface area contributed by atoms with Gasteiger partial charge in [0.2, 0.25) is 0 Å². The van der Waals surface area contributed by atoms with Gasteiger partial charge in [0.25, 0.3) is 0 Å². The molecule has 1 heterocycles. The average Bonchev–Trinajstić information content (AvgIpc) is 2.52. The summed E-state index contributed by atoms with van der Waals surface area (Å²) in [6.07, 6.45) is 2.92. The number of aromatic nitrogens is 3. The molecule has 0 aliphatic rings. The minimum absolute atomic E-state index is 0.424. The fourth-order valence-corrected chi connectivity index (χ4v) is 1.12. The van der Waals surface area contributed by atoms with Crippen LogP contribution in [0.5, 0.6) is 0 Å². The number of aliphatic hydroxyl groups excluding tert-OH is 1. The summed E-state index contributed by atoms with van der Waals surface area (Å²) in [6.45, 7) is 4.84. The van der Waals surface area contributed by atoms with Crippen LogP contribution in [-0.2, 0) is 6.54 Å². The van der Waals surface area contributed by atoms with Crippen molar-refractivity contribution in [2.45, 2.75) is 39.3 Å². The quantitative estimate of drug-likeness (QED) is 0.735. The summed E-state index contributed by atoms with van der Waals surface area (Å²) in [6, 6.07) is 0. The molecule has 1 N–H and O–H groups in total. The molecule has 4 nitrogen and oxygen atoms in total. The van der Waals surface area contributed by atoms with E-state index < -0.39 is 6.10 Å². The molecule has 0 amide bonds. The van der Waals surface area contributed by atoms with E-state index in [1.165, 1.54) is 0 Å². The summed E-state index contributed by atoms with van der Waals surface area (Å²) in [5.41, 5.74) is 0.819. The molecule has 0 fully saturated rings. The minimum Gasteiger partial charge on any atom is -0.387 e. The first kappa shape index (κ1) is 9.19. The molecule has 0 saturated heterocycles. The van der Waals surface area contributed by atoms with Crippen LogP contribution in [0.25, 0.3) is 0 Å². The monoisotopic (exact) mass is 169 g/mol. The molecule has 1 unspecified atom stereocenters. The van der Waals surface area contributed by atoms with Crippen LogP contribution in [0.2, 0.25) is 0 Å². The molecule has 1 rings (SSSR count). The summed E-state index contributed by atoms with van der Waals surface area (Å²) in [5.74, 6) is 0. The van der Waals surface area contributed by atoms with Crippen LogP contribution in [0, 0.1) is 0 Å². The van der Waals surface area contributed by atoms with E-state index >= 15 is 0 Å². The third kappa shape index (κ3) is 1.82. The SMILES string of the molecule is CCCn1nncc1C(O)CC. The number of aliphatic hydroxyl groups is 1. The molecular weight excluding hydrogens is 154 g/mol. The number of hydrogen-bond donors (Lipinski definition) is 1. The Morgan fingerprint density at radius 3 is 2.92 bits per heavy atom. The van der Waals surface area contributed by atoms with E-state index in [-0.39, 0.29) is 0 Å². The second-order valence-electron chi connectivity index (χ2n) is 2.81. The van der Waals surface area contributed by atoms with Gasteiger partial charge in [0.05, 0.1) is 18.0 Å². The summed E-state index contributed by atoms with van der Waals surface area (Å²) in [4.78, 5) is 0. The number of aryl methyl sites for hydroxylation is 1. The molecule has 12 heavy (non-hydrogen) atoms. The molecule has 68 valence electrons. The van der Waals surface area contributed by atoms with Gasteiger partial charge in [-0.05, 0) is 12.8 Å². The van der Waals surface area contributed by atoms with E-state index in [4.69, 9.17) is 0 Å². The molecule has 0 radical (unpaired) electrons. The van der Waals surface area contributed by atoms with Gasteiger partial charge in [-0.25, -0.2) is 4.68 Å². The summed E-state index contributed by atoms with van der Waals surface area (Å²) in [7, 11) is 0. The number of nitrogens with zero attached hydrogens (tertiary/aromatic N) is 3. The Hall–Kier alpha value is -0.900. The smallest absolute Gasteiger partial charge is 0.0970 e. The van der Waals surface area contributed by atoms with Crippen molar-refractivity contribution < 1.29 is 5.11 Å². The molecule has 0 saturated carbocycles. The van der Waals surface area contributed by atoms with Crippen LogP contribution in [0.1, 0.15) is 38.5 Å². The van der Waals surface area contributed by atoms with Crippen molar-refractivity contribution >= 4 is 0 Å². The zero-order valence-corrected chi connectivity index (χ0v) is 7.56. The maximum Gasteiger partial charge on any atom is 0.0970 e. The minimum atomic E-state index is -0.424. The number of hydrogen-bond acceptors (Lipinski definition) is 3. The summed E-state index contributed by atoms with van der Waals surface area (Å²) in [5, 5.41) is 17.2. The van der Waals surface area contributed by atoms with E-state index in [0.29, 0.717) is 6.42 Å². The second-order valence-corrected chi connectivity index (χ2v) is 2.81.